The molecule has 1 aliphatic rings. The van der Waals surface area contributed by atoms with Crippen molar-refractivity contribution in [1.29, 1.82) is 0 Å². The van der Waals surface area contributed by atoms with Crippen LogP contribution in [0, 0.1) is 0 Å². The Morgan fingerprint density at radius 1 is 1.60 bits per heavy atom. The maximum absolute atomic E-state index is 10.6. The Bertz CT molecular complexity index is 465. The Morgan fingerprint density at radius 2 is 2.40 bits per heavy atom. The lowest BCUT2D eigenvalue weighted by Crippen LogP contribution is -2.25. The monoisotopic (exact) mass is 320 g/mol. The molecule has 1 saturated heterocycles. The van der Waals surface area contributed by atoms with E-state index in [9.17, 15) is 4.79 Å². The number of carbonyl (C=O) groups excluding carboxylic acids is 1. The van der Waals surface area contributed by atoms with Crippen LogP contribution < -0.4 is 4.74 Å². The van der Waals surface area contributed by atoms with Gasteiger partial charge in [-0.3, -0.25) is 4.79 Å². The van der Waals surface area contributed by atoms with Gasteiger partial charge in [0.1, 0.15) is 18.6 Å². The predicted octanol–water partition coefficient (Wildman–Crippen LogP) is 1.68. The van der Waals surface area contributed by atoms with Gasteiger partial charge in [-0.1, -0.05) is 0 Å². The van der Waals surface area contributed by atoms with Crippen molar-refractivity contribution in [1.82, 2.24) is 9.36 Å². The molecule has 1 aromatic rings. The van der Waals surface area contributed by atoms with Crippen molar-refractivity contribution < 1.29 is 23.7 Å². The van der Waals surface area contributed by atoms with E-state index in [0.29, 0.717) is 23.6 Å². The van der Waals surface area contributed by atoms with E-state index < -0.39 is 5.79 Å². The molecule has 0 radical (unpaired) electrons. The molecule has 0 amide bonds. The van der Waals surface area contributed by atoms with E-state index in [1.807, 2.05) is 13.8 Å². The zero-order valence-corrected chi connectivity index (χ0v) is 13.1. The predicted molar refractivity (Wildman–Crippen MR) is 72.8 cm³/mol. The third-order valence-corrected chi connectivity index (χ3v) is 3.72. The normalized spacial score (nSPS) is 20.9. The lowest BCUT2D eigenvalue weighted by Gasteiger charge is -2.16. The molecule has 1 unspecified atom stereocenters. The van der Waals surface area contributed by atoms with Gasteiger partial charge < -0.3 is 18.9 Å². The van der Waals surface area contributed by atoms with Gasteiger partial charge in [0, 0.05) is 18.5 Å². The summed E-state index contributed by atoms with van der Waals surface area (Å²) in [6.45, 7) is 5.95. The molecule has 1 aromatic heterocycles. The molecule has 7 nitrogen and oxygen atoms in total. The van der Waals surface area contributed by atoms with Crippen LogP contribution in [0.25, 0.3) is 0 Å². The molecule has 0 bridgehead atoms. The SMILES string of the molecule is CC(=O)OCSc1nsc(OCC2COC(C)(C)O2)n1. The number of hydrogen-bond donors (Lipinski definition) is 0. The molecular weight excluding hydrogens is 304 g/mol. The van der Waals surface area contributed by atoms with Crippen LogP contribution in [0.4, 0.5) is 0 Å². The quantitative estimate of drug-likeness (QED) is 0.445. The first-order valence-corrected chi connectivity index (χ1v) is 7.75. The Balaban J connectivity index is 1.71. The van der Waals surface area contributed by atoms with Crippen molar-refractivity contribution in [3.05, 3.63) is 0 Å². The first-order chi connectivity index (χ1) is 9.44. The molecule has 1 aliphatic heterocycles. The summed E-state index contributed by atoms with van der Waals surface area (Å²) in [4.78, 5) is 14.8. The summed E-state index contributed by atoms with van der Waals surface area (Å²) in [6, 6.07) is 0. The van der Waals surface area contributed by atoms with E-state index in [0.717, 1.165) is 11.5 Å². The zero-order valence-electron chi connectivity index (χ0n) is 11.5. The van der Waals surface area contributed by atoms with Crippen LogP contribution in [-0.4, -0.2) is 46.4 Å². The minimum atomic E-state index is -0.555. The number of esters is 1. The van der Waals surface area contributed by atoms with Gasteiger partial charge in [0.05, 0.1) is 6.61 Å². The van der Waals surface area contributed by atoms with Crippen LogP contribution in [0.1, 0.15) is 20.8 Å². The molecule has 0 N–H and O–H groups in total. The zero-order chi connectivity index (χ0) is 14.6. The summed E-state index contributed by atoms with van der Waals surface area (Å²) in [7, 11) is 0. The number of ether oxygens (including phenoxy) is 4. The van der Waals surface area contributed by atoms with Crippen molar-refractivity contribution in [2.75, 3.05) is 19.2 Å². The molecule has 1 fully saturated rings. The maximum atomic E-state index is 10.6. The third-order valence-electron chi connectivity index (χ3n) is 2.30. The summed E-state index contributed by atoms with van der Waals surface area (Å²) < 4.78 is 25.4. The van der Waals surface area contributed by atoms with Crippen molar-refractivity contribution in [2.24, 2.45) is 0 Å². The van der Waals surface area contributed by atoms with Gasteiger partial charge in [0.25, 0.3) is 5.19 Å². The largest absolute Gasteiger partial charge is 0.466 e. The summed E-state index contributed by atoms with van der Waals surface area (Å²) in [6.07, 6.45) is -0.106. The van der Waals surface area contributed by atoms with Crippen LogP contribution in [0.3, 0.4) is 0 Å². The molecule has 0 aliphatic carbocycles. The molecule has 2 heterocycles. The lowest BCUT2D eigenvalue weighted by atomic mass is 10.4. The highest BCUT2D eigenvalue weighted by Gasteiger charge is 2.33. The Hall–Kier alpha value is -0.900. The van der Waals surface area contributed by atoms with Crippen LogP contribution in [-0.2, 0) is 19.0 Å². The number of thioether (sulfide) groups is 1. The van der Waals surface area contributed by atoms with E-state index in [2.05, 4.69) is 9.36 Å². The third kappa shape index (κ3) is 4.89. The summed E-state index contributed by atoms with van der Waals surface area (Å²) in [5.41, 5.74) is 0. The standard InChI is InChI=1S/C11H16N2O5S2/c1-7(14)16-6-19-9-12-10(20-13-9)15-4-8-5-17-11(2,3)18-8/h8H,4-6H2,1-3H3. The van der Waals surface area contributed by atoms with Gasteiger partial charge in [0.15, 0.2) is 5.79 Å². The van der Waals surface area contributed by atoms with E-state index in [1.54, 1.807) is 0 Å². The molecular formula is C11H16N2O5S2. The number of hydrogen-bond acceptors (Lipinski definition) is 9. The maximum Gasteiger partial charge on any atom is 0.303 e. The Kier molecular flexibility index (Phi) is 5.19. The van der Waals surface area contributed by atoms with Crippen LogP contribution in [0.5, 0.6) is 5.19 Å². The van der Waals surface area contributed by atoms with Crippen LogP contribution in [0.15, 0.2) is 5.16 Å². The fraction of sp³-hybridized carbons (Fsp3) is 0.727. The average molecular weight is 320 g/mol. The first-order valence-electron chi connectivity index (χ1n) is 5.99. The summed E-state index contributed by atoms with van der Waals surface area (Å²) in [5.74, 6) is -0.690. The highest BCUT2D eigenvalue weighted by Crippen LogP contribution is 2.25. The fourth-order valence-corrected chi connectivity index (χ4v) is 2.79. The molecule has 112 valence electrons. The molecule has 1 atom stereocenters. The second kappa shape index (κ2) is 6.70. The topological polar surface area (TPSA) is 79.8 Å². The molecule has 0 spiro atoms. The van der Waals surface area contributed by atoms with Crippen molar-refractivity contribution >= 4 is 29.3 Å². The van der Waals surface area contributed by atoms with Gasteiger partial charge in [0.2, 0.25) is 5.16 Å². The highest BCUT2D eigenvalue weighted by atomic mass is 32.2. The van der Waals surface area contributed by atoms with Gasteiger partial charge in [-0.15, -0.1) is 0 Å². The molecule has 9 heteroatoms. The van der Waals surface area contributed by atoms with Gasteiger partial charge in [-0.25, -0.2) is 0 Å². The van der Waals surface area contributed by atoms with E-state index in [-0.39, 0.29) is 18.0 Å². The smallest absolute Gasteiger partial charge is 0.303 e. The first kappa shape index (κ1) is 15.5. The highest BCUT2D eigenvalue weighted by molar-refractivity contribution is 7.99. The second-order valence-electron chi connectivity index (χ2n) is 4.50. The van der Waals surface area contributed by atoms with Gasteiger partial charge in [-0.2, -0.15) is 9.36 Å². The van der Waals surface area contributed by atoms with Crippen LogP contribution in [0.2, 0.25) is 0 Å². The Morgan fingerprint density at radius 3 is 3.05 bits per heavy atom. The molecule has 20 heavy (non-hydrogen) atoms. The number of carbonyl (C=O) groups is 1. The van der Waals surface area contributed by atoms with Crippen molar-refractivity contribution in [2.45, 2.75) is 37.8 Å². The number of rotatable bonds is 6. The lowest BCUT2D eigenvalue weighted by molar-refractivity contribution is -0.141. The molecule has 0 saturated carbocycles. The fourth-order valence-electron chi connectivity index (χ4n) is 1.49. The van der Waals surface area contributed by atoms with Crippen LogP contribution >= 0.6 is 23.3 Å². The van der Waals surface area contributed by atoms with E-state index >= 15 is 0 Å². The second-order valence-corrected chi connectivity index (χ2v) is 6.11. The van der Waals surface area contributed by atoms with Gasteiger partial charge in [-0.05, 0) is 25.6 Å². The molecule has 2 rings (SSSR count). The average Bonchev–Trinajstić information content (AvgIpc) is 2.93. The van der Waals surface area contributed by atoms with Gasteiger partial charge >= 0.3 is 5.97 Å². The summed E-state index contributed by atoms with van der Waals surface area (Å²) in [5, 5.41) is 0.985. The van der Waals surface area contributed by atoms with Crippen molar-refractivity contribution in [3.63, 3.8) is 0 Å². The minimum absolute atomic E-state index is 0.106. The number of aromatic nitrogens is 2. The number of nitrogens with zero attached hydrogens (tertiary/aromatic N) is 2. The Labute approximate surface area is 125 Å². The van der Waals surface area contributed by atoms with E-state index in [1.165, 1.54) is 18.7 Å². The van der Waals surface area contributed by atoms with Crippen molar-refractivity contribution in [3.8, 4) is 5.19 Å². The van der Waals surface area contributed by atoms with E-state index in [4.69, 9.17) is 18.9 Å². The minimum Gasteiger partial charge on any atom is -0.466 e. The summed E-state index contributed by atoms with van der Waals surface area (Å²) >= 11 is 2.39. The molecule has 0 aromatic carbocycles.